The normalized spacial score (nSPS) is 20.8. The SMILES string of the molecule is COCC1(C(=O)O)CCN(C(=O)c2cccc(OC(F)F)c2)C1. The number of likely N-dealkylation sites (tertiary alicyclic amines) is 1. The fourth-order valence-corrected chi connectivity index (χ4v) is 2.66. The largest absolute Gasteiger partial charge is 0.481 e. The van der Waals surface area contributed by atoms with Gasteiger partial charge in [-0.1, -0.05) is 6.07 Å². The van der Waals surface area contributed by atoms with Gasteiger partial charge in [0.15, 0.2) is 0 Å². The zero-order chi connectivity index (χ0) is 17.0. The van der Waals surface area contributed by atoms with Crippen LogP contribution in [-0.4, -0.2) is 55.3 Å². The molecule has 23 heavy (non-hydrogen) atoms. The number of carbonyl (C=O) groups excluding carboxylic acids is 1. The van der Waals surface area contributed by atoms with E-state index in [1.807, 2.05) is 0 Å². The van der Waals surface area contributed by atoms with E-state index < -0.39 is 23.9 Å². The van der Waals surface area contributed by atoms with Gasteiger partial charge in [-0.05, 0) is 24.6 Å². The molecule has 0 bridgehead atoms. The molecule has 0 saturated carbocycles. The molecule has 126 valence electrons. The molecule has 1 fully saturated rings. The van der Waals surface area contributed by atoms with Crippen LogP contribution in [0.15, 0.2) is 24.3 Å². The number of benzene rings is 1. The van der Waals surface area contributed by atoms with Gasteiger partial charge in [-0.3, -0.25) is 9.59 Å². The Hall–Kier alpha value is -2.22. The Morgan fingerprint density at radius 1 is 1.43 bits per heavy atom. The van der Waals surface area contributed by atoms with Crippen LogP contribution in [-0.2, 0) is 9.53 Å². The minimum Gasteiger partial charge on any atom is -0.481 e. The highest BCUT2D eigenvalue weighted by Crippen LogP contribution is 2.32. The highest BCUT2D eigenvalue weighted by atomic mass is 19.3. The van der Waals surface area contributed by atoms with Crippen LogP contribution in [0.5, 0.6) is 5.75 Å². The smallest absolute Gasteiger partial charge is 0.387 e. The number of aliphatic carboxylic acids is 1. The predicted octanol–water partition coefficient (Wildman–Crippen LogP) is 1.85. The number of carboxylic acids is 1. The first-order valence-corrected chi connectivity index (χ1v) is 6.94. The zero-order valence-corrected chi connectivity index (χ0v) is 12.5. The second kappa shape index (κ2) is 6.91. The van der Waals surface area contributed by atoms with Gasteiger partial charge < -0.3 is 19.5 Å². The van der Waals surface area contributed by atoms with Crippen LogP contribution in [0.3, 0.4) is 0 Å². The molecule has 1 heterocycles. The summed E-state index contributed by atoms with van der Waals surface area (Å²) < 4.78 is 33.7. The summed E-state index contributed by atoms with van der Waals surface area (Å²) in [6.07, 6.45) is 0.273. The summed E-state index contributed by atoms with van der Waals surface area (Å²) in [6.45, 7) is -2.71. The third-order valence-electron chi connectivity index (χ3n) is 3.82. The predicted molar refractivity (Wildman–Crippen MR) is 75.5 cm³/mol. The molecule has 2 rings (SSSR count). The lowest BCUT2D eigenvalue weighted by molar-refractivity contribution is -0.151. The molecule has 1 aliphatic heterocycles. The fourth-order valence-electron chi connectivity index (χ4n) is 2.66. The highest BCUT2D eigenvalue weighted by Gasteiger charge is 2.46. The van der Waals surface area contributed by atoms with Crippen molar-refractivity contribution >= 4 is 11.9 Å². The number of alkyl halides is 2. The van der Waals surface area contributed by atoms with Gasteiger partial charge in [0, 0.05) is 25.8 Å². The van der Waals surface area contributed by atoms with Crippen LogP contribution in [0, 0.1) is 5.41 Å². The Morgan fingerprint density at radius 2 is 2.17 bits per heavy atom. The van der Waals surface area contributed by atoms with Crippen LogP contribution < -0.4 is 4.74 Å². The van der Waals surface area contributed by atoms with Crippen LogP contribution in [0.1, 0.15) is 16.8 Å². The number of rotatable bonds is 6. The van der Waals surface area contributed by atoms with Crippen molar-refractivity contribution in [3.63, 3.8) is 0 Å². The molecular formula is C15H17F2NO5. The molecule has 1 atom stereocenters. The van der Waals surface area contributed by atoms with E-state index in [1.165, 1.54) is 36.3 Å². The van der Waals surface area contributed by atoms with Crippen molar-refractivity contribution in [2.24, 2.45) is 5.41 Å². The first-order chi connectivity index (χ1) is 10.9. The second-order valence-corrected chi connectivity index (χ2v) is 5.40. The van der Waals surface area contributed by atoms with Crippen molar-refractivity contribution in [2.75, 3.05) is 26.8 Å². The standard InChI is InChI=1S/C15H17F2NO5/c1-22-9-15(13(20)21)5-6-18(8-15)12(19)10-3-2-4-11(7-10)23-14(16)17/h2-4,7,14H,5-6,8-9H2,1H3,(H,20,21). The minimum atomic E-state index is -2.98. The molecule has 1 unspecified atom stereocenters. The van der Waals surface area contributed by atoms with Gasteiger partial charge in [-0.25, -0.2) is 0 Å². The van der Waals surface area contributed by atoms with E-state index >= 15 is 0 Å². The van der Waals surface area contributed by atoms with Gasteiger partial charge in [0.2, 0.25) is 0 Å². The maximum absolute atomic E-state index is 12.4. The summed E-state index contributed by atoms with van der Waals surface area (Å²) in [5, 5.41) is 9.39. The van der Waals surface area contributed by atoms with Crippen LogP contribution in [0.25, 0.3) is 0 Å². The Labute approximate surface area is 131 Å². The van der Waals surface area contributed by atoms with E-state index in [4.69, 9.17) is 4.74 Å². The number of ether oxygens (including phenoxy) is 2. The van der Waals surface area contributed by atoms with Crippen LogP contribution in [0.4, 0.5) is 8.78 Å². The van der Waals surface area contributed by atoms with E-state index in [1.54, 1.807) is 0 Å². The molecular weight excluding hydrogens is 312 g/mol. The number of nitrogens with zero attached hydrogens (tertiary/aromatic N) is 1. The lowest BCUT2D eigenvalue weighted by Gasteiger charge is -2.23. The molecule has 1 aliphatic rings. The molecule has 8 heteroatoms. The number of halogens is 2. The van der Waals surface area contributed by atoms with Crippen molar-refractivity contribution < 1.29 is 33.0 Å². The van der Waals surface area contributed by atoms with Crippen molar-refractivity contribution in [3.8, 4) is 5.75 Å². The number of carbonyl (C=O) groups is 2. The van der Waals surface area contributed by atoms with Crippen molar-refractivity contribution in [1.82, 2.24) is 4.90 Å². The van der Waals surface area contributed by atoms with Gasteiger partial charge in [0.25, 0.3) is 5.91 Å². The zero-order valence-electron chi connectivity index (χ0n) is 12.5. The van der Waals surface area contributed by atoms with Gasteiger partial charge >= 0.3 is 12.6 Å². The lowest BCUT2D eigenvalue weighted by Crippen LogP contribution is -2.40. The van der Waals surface area contributed by atoms with E-state index in [-0.39, 0.29) is 37.4 Å². The topological polar surface area (TPSA) is 76.1 Å². The van der Waals surface area contributed by atoms with Gasteiger partial charge in [0.1, 0.15) is 11.2 Å². The summed E-state index contributed by atoms with van der Waals surface area (Å²) >= 11 is 0. The summed E-state index contributed by atoms with van der Waals surface area (Å²) in [4.78, 5) is 25.3. The molecule has 0 radical (unpaired) electrons. The minimum absolute atomic E-state index is 0.000641. The monoisotopic (exact) mass is 329 g/mol. The highest BCUT2D eigenvalue weighted by molar-refractivity contribution is 5.95. The first kappa shape index (κ1) is 17.1. The Kier molecular flexibility index (Phi) is 5.15. The number of carboxylic acid groups (broad SMARTS) is 1. The summed E-state index contributed by atoms with van der Waals surface area (Å²) in [7, 11) is 1.40. The Balaban J connectivity index is 2.14. The van der Waals surface area contributed by atoms with Gasteiger partial charge in [-0.2, -0.15) is 8.78 Å². The fraction of sp³-hybridized carbons (Fsp3) is 0.467. The number of methoxy groups -OCH3 is 1. The molecule has 6 nitrogen and oxygen atoms in total. The molecule has 0 aromatic heterocycles. The average Bonchev–Trinajstić information content (AvgIpc) is 2.92. The van der Waals surface area contributed by atoms with E-state index in [9.17, 15) is 23.5 Å². The maximum Gasteiger partial charge on any atom is 0.387 e. The molecule has 1 amide bonds. The summed E-state index contributed by atoms with van der Waals surface area (Å²) in [5.41, 5.74) is -0.969. The quantitative estimate of drug-likeness (QED) is 0.862. The third kappa shape index (κ3) is 3.76. The molecule has 0 aliphatic carbocycles. The van der Waals surface area contributed by atoms with Crippen molar-refractivity contribution in [2.45, 2.75) is 13.0 Å². The summed E-state index contributed by atoms with van der Waals surface area (Å²) in [6, 6.07) is 5.43. The summed E-state index contributed by atoms with van der Waals surface area (Å²) in [5.74, 6) is -1.57. The molecule has 1 aromatic rings. The van der Waals surface area contributed by atoms with E-state index in [0.717, 1.165) is 0 Å². The van der Waals surface area contributed by atoms with Crippen molar-refractivity contribution in [1.29, 1.82) is 0 Å². The third-order valence-corrected chi connectivity index (χ3v) is 3.82. The Morgan fingerprint density at radius 3 is 2.78 bits per heavy atom. The molecule has 1 saturated heterocycles. The van der Waals surface area contributed by atoms with Crippen LogP contribution >= 0.6 is 0 Å². The lowest BCUT2D eigenvalue weighted by atomic mass is 9.88. The second-order valence-electron chi connectivity index (χ2n) is 5.40. The number of amides is 1. The molecule has 1 N–H and O–H groups in total. The first-order valence-electron chi connectivity index (χ1n) is 6.94. The molecule has 1 aromatic carbocycles. The average molecular weight is 329 g/mol. The number of hydrogen-bond acceptors (Lipinski definition) is 4. The molecule has 0 spiro atoms. The number of hydrogen-bond donors (Lipinski definition) is 1. The Bertz CT molecular complexity index is 595. The van der Waals surface area contributed by atoms with Crippen molar-refractivity contribution in [3.05, 3.63) is 29.8 Å². The van der Waals surface area contributed by atoms with Crippen LogP contribution in [0.2, 0.25) is 0 Å². The van der Waals surface area contributed by atoms with Gasteiger partial charge in [-0.15, -0.1) is 0 Å². The van der Waals surface area contributed by atoms with E-state index in [2.05, 4.69) is 4.74 Å². The van der Waals surface area contributed by atoms with Gasteiger partial charge in [0.05, 0.1) is 6.61 Å². The maximum atomic E-state index is 12.4. The van der Waals surface area contributed by atoms with E-state index in [0.29, 0.717) is 0 Å².